The Hall–Kier alpha value is -1.48. The third kappa shape index (κ3) is 1.71. The molecule has 2 aromatic rings. The van der Waals surface area contributed by atoms with Crippen molar-refractivity contribution in [3.63, 3.8) is 0 Å². The molecule has 0 fully saturated rings. The standard InChI is InChI=1S/C14H8O2.Ag/c15-13-9-5-1-2-6-10(9)14(16)12-8-4-3-7-11(12)13;/h1-8H;. The van der Waals surface area contributed by atoms with E-state index in [0.717, 1.165) is 0 Å². The van der Waals surface area contributed by atoms with Crippen LogP contribution in [0.25, 0.3) is 0 Å². The number of hydrogen-bond donors (Lipinski definition) is 0. The van der Waals surface area contributed by atoms with E-state index < -0.39 is 0 Å². The van der Waals surface area contributed by atoms with Crippen LogP contribution >= 0.6 is 0 Å². The van der Waals surface area contributed by atoms with Gasteiger partial charge in [0.2, 0.25) is 0 Å². The van der Waals surface area contributed by atoms with Gasteiger partial charge in [-0.2, -0.15) is 0 Å². The molecule has 87 valence electrons. The third-order valence-corrected chi connectivity index (χ3v) is 2.83. The molecule has 3 heteroatoms. The monoisotopic (exact) mass is 315 g/mol. The van der Waals surface area contributed by atoms with Crippen molar-refractivity contribution in [1.82, 2.24) is 0 Å². The summed E-state index contributed by atoms with van der Waals surface area (Å²) in [5, 5.41) is 0. The van der Waals surface area contributed by atoms with Gasteiger partial charge in [-0.3, -0.25) is 9.59 Å². The van der Waals surface area contributed by atoms with Gasteiger partial charge in [0.1, 0.15) is 0 Å². The van der Waals surface area contributed by atoms with Crippen LogP contribution in [0.3, 0.4) is 0 Å². The number of carbonyl (C=O) groups excluding carboxylic acids is 2. The normalized spacial score (nSPS) is 12.5. The van der Waals surface area contributed by atoms with E-state index in [-0.39, 0.29) is 33.9 Å². The fourth-order valence-electron chi connectivity index (χ4n) is 2.05. The quantitative estimate of drug-likeness (QED) is 0.597. The Morgan fingerprint density at radius 3 is 1.00 bits per heavy atom. The number of rotatable bonds is 0. The first-order valence-corrected chi connectivity index (χ1v) is 5.06. The van der Waals surface area contributed by atoms with Crippen molar-refractivity contribution in [2.24, 2.45) is 0 Å². The molecule has 1 radical (unpaired) electrons. The van der Waals surface area contributed by atoms with E-state index in [4.69, 9.17) is 0 Å². The number of hydrogen-bond acceptors (Lipinski definition) is 2. The predicted octanol–water partition coefficient (Wildman–Crippen LogP) is 2.46. The third-order valence-electron chi connectivity index (χ3n) is 2.83. The van der Waals surface area contributed by atoms with Crippen LogP contribution in [0.4, 0.5) is 0 Å². The molecule has 3 rings (SSSR count). The van der Waals surface area contributed by atoms with E-state index in [1.165, 1.54) is 0 Å². The first kappa shape index (κ1) is 12.0. The molecule has 0 bridgehead atoms. The first-order chi connectivity index (χ1) is 7.79. The number of fused-ring (bicyclic) bond motifs is 2. The molecule has 2 nitrogen and oxygen atoms in total. The minimum Gasteiger partial charge on any atom is -0.289 e. The molecule has 1 aliphatic rings. The van der Waals surface area contributed by atoms with Crippen LogP contribution in [0, 0.1) is 0 Å². The van der Waals surface area contributed by atoms with E-state index in [9.17, 15) is 9.59 Å². The minimum absolute atomic E-state index is 0. The van der Waals surface area contributed by atoms with Crippen LogP contribution < -0.4 is 0 Å². The molecule has 0 aliphatic heterocycles. The van der Waals surface area contributed by atoms with E-state index in [0.29, 0.717) is 22.3 Å². The Bertz CT molecular complexity index is 512. The van der Waals surface area contributed by atoms with Gasteiger partial charge in [-0.05, 0) is 0 Å². The molecule has 0 atom stereocenters. The second-order valence-corrected chi connectivity index (χ2v) is 3.75. The largest absolute Gasteiger partial charge is 0.289 e. The van der Waals surface area contributed by atoms with Crippen LogP contribution in [-0.2, 0) is 22.4 Å². The Morgan fingerprint density at radius 1 is 0.529 bits per heavy atom. The number of ketones is 2. The summed E-state index contributed by atoms with van der Waals surface area (Å²) in [6.07, 6.45) is 0. The second kappa shape index (κ2) is 4.41. The molecule has 0 heterocycles. The van der Waals surface area contributed by atoms with Crippen LogP contribution in [0.15, 0.2) is 48.5 Å². The van der Waals surface area contributed by atoms with Crippen molar-refractivity contribution in [1.29, 1.82) is 0 Å². The van der Waals surface area contributed by atoms with Gasteiger partial charge in [-0.25, -0.2) is 0 Å². The van der Waals surface area contributed by atoms with Crippen LogP contribution in [0.2, 0.25) is 0 Å². The summed E-state index contributed by atoms with van der Waals surface area (Å²) < 4.78 is 0. The Balaban J connectivity index is 0.00000108. The van der Waals surface area contributed by atoms with Gasteiger partial charge in [0, 0.05) is 44.6 Å². The Labute approximate surface area is 114 Å². The summed E-state index contributed by atoms with van der Waals surface area (Å²) in [7, 11) is 0. The minimum atomic E-state index is -0.0641. The maximum Gasteiger partial charge on any atom is 0.194 e. The zero-order valence-corrected chi connectivity index (χ0v) is 10.2. The maximum absolute atomic E-state index is 12.1. The fourth-order valence-corrected chi connectivity index (χ4v) is 2.05. The van der Waals surface area contributed by atoms with Gasteiger partial charge in [0.05, 0.1) is 0 Å². The average Bonchev–Trinajstić information content (AvgIpc) is 2.36. The molecule has 17 heavy (non-hydrogen) atoms. The summed E-state index contributed by atoms with van der Waals surface area (Å²) in [5.74, 6) is -0.128. The molecule has 1 aliphatic carbocycles. The van der Waals surface area contributed by atoms with E-state index in [1.807, 2.05) is 0 Å². The van der Waals surface area contributed by atoms with Gasteiger partial charge in [0.15, 0.2) is 11.6 Å². The zero-order valence-electron chi connectivity index (χ0n) is 8.74. The zero-order chi connectivity index (χ0) is 11.1. The molecule has 0 saturated heterocycles. The van der Waals surface area contributed by atoms with Gasteiger partial charge in [0.25, 0.3) is 0 Å². The Kier molecular flexibility index (Phi) is 3.11. The summed E-state index contributed by atoms with van der Waals surface area (Å²) in [6.45, 7) is 0. The predicted molar refractivity (Wildman–Crippen MR) is 59.7 cm³/mol. The first-order valence-electron chi connectivity index (χ1n) is 5.06. The van der Waals surface area contributed by atoms with Gasteiger partial charge < -0.3 is 0 Å². The number of benzene rings is 2. The summed E-state index contributed by atoms with van der Waals surface area (Å²) >= 11 is 0. The van der Waals surface area contributed by atoms with Crippen molar-refractivity contribution in [2.75, 3.05) is 0 Å². The maximum atomic E-state index is 12.1. The topological polar surface area (TPSA) is 34.1 Å². The van der Waals surface area contributed by atoms with Crippen molar-refractivity contribution in [3.8, 4) is 0 Å². The van der Waals surface area contributed by atoms with Crippen LogP contribution in [-0.4, -0.2) is 11.6 Å². The Morgan fingerprint density at radius 2 is 0.765 bits per heavy atom. The molecular weight excluding hydrogens is 308 g/mol. The smallest absolute Gasteiger partial charge is 0.194 e. The fraction of sp³-hybridized carbons (Fsp3) is 0. The summed E-state index contributed by atoms with van der Waals surface area (Å²) in [4.78, 5) is 24.2. The molecule has 0 N–H and O–H groups in total. The summed E-state index contributed by atoms with van der Waals surface area (Å²) in [6, 6.07) is 13.9. The van der Waals surface area contributed by atoms with Crippen molar-refractivity contribution < 1.29 is 32.0 Å². The van der Waals surface area contributed by atoms with Crippen LogP contribution in [0.1, 0.15) is 31.8 Å². The molecule has 0 amide bonds. The molecular formula is C14H8AgO2. The van der Waals surface area contributed by atoms with E-state index in [1.54, 1.807) is 48.5 Å². The van der Waals surface area contributed by atoms with E-state index >= 15 is 0 Å². The van der Waals surface area contributed by atoms with Gasteiger partial charge in [-0.15, -0.1) is 0 Å². The van der Waals surface area contributed by atoms with E-state index in [2.05, 4.69) is 0 Å². The molecule has 0 saturated carbocycles. The van der Waals surface area contributed by atoms with Gasteiger partial charge >= 0.3 is 0 Å². The van der Waals surface area contributed by atoms with Crippen molar-refractivity contribution in [3.05, 3.63) is 70.8 Å². The summed E-state index contributed by atoms with van der Waals surface area (Å²) in [5.41, 5.74) is 2.02. The average molecular weight is 316 g/mol. The van der Waals surface area contributed by atoms with Crippen molar-refractivity contribution >= 4 is 11.6 Å². The molecule has 0 spiro atoms. The second-order valence-electron chi connectivity index (χ2n) is 3.75. The molecule has 0 unspecified atom stereocenters. The molecule has 2 aromatic carbocycles. The van der Waals surface area contributed by atoms with Crippen LogP contribution in [0.5, 0.6) is 0 Å². The van der Waals surface area contributed by atoms with Gasteiger partial charge in [-0.1, -0.05) is 48.5 Å². The number of carbonyl (C=O) groups is 2. The van der Waals surface area contributed by atoms with Crippen molar-refractivity contribution in [2.45, 2.75) is 0 Å². The SMILES string of the molecule is O=C1c2ccccc2C(=O)c2ccccc21.[Ag]. The molecule has 0 aromatic heterocycles.